The van der Waals surface area contributed by atoms with Crippen molar-refractivity contribution in [3.63, 3.8) is 0 Å². The Morgan fingerprint density at radius 3 is 2.92 bits per heavy atom. The average molecular weight is 201 g/mol. The maximum Gasteiger partial charge on any atom is 0.191 e. The van der Waals surface area contributed by atoms with E-state index in [2.05, 4.69) is 35.7 Å². The molecule has 0 aromatic rings. The minimum absolute atomic E-state index is 0.279. The first-order valence-corrected chi connectivity index (χ1v) is 5.94. The molecular weight excluding hydrogens is 182 g/mol. The molecule has 0 bridgehead atoms. The Labute approximate surface area is 84.8 Å². The maximum atomic E-state index is 4.35. The molecule has 4 heteroatoms. The first kappa shape index (κ1) is 10.7. The van der Waals surface area contributed by atoms with E-state index in [1.807, 2.05) is 11.8 Å². The first-order valence-electron chi connectivity index (χ1n) is 4.71. The summed E-state index contributed by atoms with van der Waals surface area (Å²) in [5.41, 5.74) is 0. The van der Waals surface area contributed by atoms with Gasteiger partial charge in [-0.15, -0.1) is 0 Å². The van der Waals surface area contributed by atoms with Gasteiger partial charge in [0, 0.05) is 24.4 Å². The second kappa shape index (κ2) is 4.74. The van der Waals surface area contributed by atoms with Crippen LogP contribution in [0.2, 0.25) is 0 Å². The number of hydrogen-bond donors (Lipinski definition) is 2. The zero-order chi connectivity index (χ0) is 9.73. The van der Waals surface area contributed by atoms with Crippen LogP contribution in [0.5, 0.6) is 0 Å². The number of aliphatic imine (C=N–C) groups is 1. The van der Waals surface area contributed by atoms with Gasteiger partial charge in [0.05, 0.1) is 0 Å². The van der Waals surface area contributed by atoms with Crippen molar-refractivity contribution in [2.75, 3.05) is 25.9 Å². The fourth-order valence-electron chi connectivity index (χ4n) is 1.02. The van der Waals surface area contributed by atoms with Crippen LogP contribution in [0.15, 0.2) is 4.99 Å². The lowest BCUT2D eigenvalue weighted by Gasteiger charge is -2.24. The van der Waals surface area contributed by atoms with Gasteiger partial charge in [-0.2, -0.15) is 11.8 Å². The highest BCUT2D eigenvalue weighted by atomic mass is 32.2. The van der Waals surface area contributed by atoms with Crippen molar-refractivity contribution in [3.8, 4) is 0 Å². The molecule has 0 fully saturated rings. The Morgan fingerprint density at radius 2 is 2.38 bits per heavy atom. The van der Waals surface area contributed by atoms with E-state index >= 15 is 0 Å². The predicted octanol–water partition coefficient (Wildman–Crippen LogP) is 1.07. The van der Waals surface area contributed by atoms with Crippen molar-refractivity contribution in [2.24, 2.45) is 4.99 Å². The van der Waals surface area contributed by atoms with E-state index in [4.69, 9.17) is 0 Å². The number of rotatable bonds is 3. The molecule has 1 aliphatic rings. The van der Waals surface area contributed by atoms with Gasteiger partial charge in [-0.1, -0.05) is 0 Å². The molecular formula is C9H19N3S. The summed E-state index contributed by atoms with van der Waals surface area (Å²) in [5.74, 6) is 0.966. The Morgan fingerprint density at radius 1 is 1.62 bits per heavy atom. The van der Waals surface area contributed by atoms with Crippen LogP contribution in [0.1, 0.15) is 20.3 Å². The smallest absolute Gasteiger partial charge is 0.191 e. The van der Waals surface area contributed by atoms with E-state index < -0.39 is 0 Å². The van der Waals surface area contributed by atoms with Crippen molar-refractivity contribution >= 4 is 17.7 Å². The summed E-state index contributed by atoms with van der Waals surface area (Å²) in [6, 6.07) is 0. The van der Waals surface area contributed by atoms with E-state index in [0.717, 1.165) is 32.0 Å². The van der Waals surface area contributed by atoms with Crippen LogP contribution >= 0.6 is 11.8 Å². The van der Waals surface area contributed by atoms with Gasteiger partial charge in [0.2, 0.25) is 0 Å². The highest BCUT2D eigenvalue weighted by Crippen LogP contribution is 2.19. The van der Waals surface area contributed by atoms with Gasteiger partial charge in [-0.25, -0.2) is 0 Å². The van der Waals surface area contributed by atoms with Crippen molar-refractivity contribution in [1.29, 1.82) is 0 Å². The van der Waals surface area contributed by atoms with Gasteiger partial charge >= 0.3 is 0 Å². The Bertz CT molecular complexity index is 189. The Balaban J connectivity index is 2.29. The Kier molecular flexibility index (Phi) is 3.90. The van der Waals surface area contributed by atoms with Gasteiger partial charge < -0.3 is 10.6 Å². The minimum atomic E-state index is 0.279. The van der Waals surface area contributed by atoms with Crippen LogP contribution in [0.3, 0.4) is 0 Å². The van der Waals surface area contributed by atoms with E-state index in [0.29, 0.717) is 0 Å². The summed E-state index contributed by atoms with van der Waals surface area (Å²) in [5, 5.41) is 6.58. The third-order valence-corrected chi connectivity index (χ3v) is 3.38. The number of hydrogen-bond acceptors (Lipinski definition) is 4. The quantitative estimate of drug-likeness (QED) is 0.717. The summed E-state index contributed by atoms with van der Waals surface area (Å²) < 4.78 is 0.279. The summed E-state index contributed by atoms with van der Waals surface area (Å²) in [6.45, 7) is 7.42. The second-order valence-electron chi connectivity index (χ2n) is 3.83. The zero-order valence-corrected chi connectivity index (χ0v) is 9.50. The topological polar surface area (TPSA) is 36.4 Å². The molecule has 13 heavy (non-hydrogen) atoms. The second-order valence-corrected chi connectivity index (χ2v) is 5.34. The lowest BCUT2D eigenvalue weighted by Crippen LogP contribution is -2.45. The van der Waals surface area contributed by atoms with Gasteiger partial charge in [-0.3, -0.25) is 4.99 Å². The van der Waals surface area contributed by atoms with Gasteiger partial charge in [0.25, 0.3) is 0 Å². The zero-order valence-electron chi connectivity index (χ0n) is 8.68. The van der Waals surface area contributed by atoms with Gasteiger partial charge in [-0.05, 0) is 26.5 Å². The molecule has 0 aromatic carbocycles. The van der Waals surface area contributed by atoms with E-state index in [-0.39, 0.29) is 4.75 Å². The van der Waals surface area contributed by atoms with Gasteiger partial charge in [0.1, 0.15) is 0 Å². The molecule has 76 valence electrons. The van der Waals surface area contributed by atoms with E-state index in [1.54, 1.807) is 0 Å². The highest BCUT2D eigenvalue weighted by molar-refractivity contribution is 7.99. The molecule has 0 atom stereocenters. The molecule has 0 aromatic heterocycles. The molecule has 0 unspecified atom stereocenters. The van der Waals surface area contributed by atoms with Crippen LogP contribution in [0.4, 0.5) is 0 Å². The summed E-state index contributed by atoms with van der Waals surface area (Å²) >= 11 is 1.87. The van der Waals surface area contributed by atoms with E-state index in [9.17, 15) is 0 Å². The standard InChI is InChI=1S/C9H19N3S/c1-9(2,13-3)7-12-8-10-5-4-6-11-8/h4-7H2,1-3H3,(H2,10,11,12). The summed E-state index contributed by atoms with van der Waals surface area (Å²) in [6.07, 6.45) is 3.29. The molecule has 0 aliphatic carbocycles. The normalized spacial score (nSPS) is 17.6. The van der Waals surface area contributed by atoms with Crippen LogP contribution in [0.25, 0.3) is 0 Å². The lowest BCUT2D eigenvalue weighted by atomic mass is 10.2. The summed E-state index contributed by atoms with van der Waals surface area (Å²) in [4.78, 5) is 4.35. The van der Waals surface area contributed by atoms with Crippen molar-refractivity contribution in [3.05, 3.63) is 0 Å². The van der Waals surface area contributed by atoms with E-state index in [1.165, 1.54) is 0 Å². The molecule has 1 rings (SSSR count). The monoisotopic (exact) mass is 201 g/mol. The molecule has 2 N–H and O–H groups in total. The van der Waals surface area contributed by atoms with Crippen LogP contribution in [-0.2, 0) is 0 Å². The molecule has 0 saturated heterocycles. The van der Waals surface area contributed by atoms with Crippen molar-refractivity contribution in [1.82, 2.24) is 10.6 Å². The molecule has 0 amide bonds. The summed E-state index contributed by atoms with van der Waals surface area (Å²) in [7, 11) is 0. The van der Waals surface area contributed by atoms with Gasteiger partial charge in [0.15, 0.2) is 5.96 Å². The fourth-order valence-corrected chi connectivity index (χ4v) is 1.24. The fraction of sp³-hybridized carbons (Fsp3) is 0.889. The van der Waals surface area contributed by atoms with Crippen LogP contribution < -0.4 is 10.6 Å². The SMILES string of the molecule is CSC(C)(C)CNC1=NCCCN1. The largest absolute Gasteiger partial charge is 0.356 e. The maximum absolute atomic E-state index is 4.35. The van der Waals surface area contributed by atoms with Crippen molar-refractivity contribution in [2.45, 2.75) is 25.0 Å². The number of thioether (sulfide) groups is 1. The molecule has 0 spiro atoms. The lowest BCUT2D eigenvalue weighted by molar-refractivity contribution is 0.643. The number of guanidine groups is 1. The molecule has 0 radical (unpaired) electrons. The molecule has 1 heterocycles. The molecule has 1 aliphatic heterocycles. The Hall–Kier alpha value is -0.380. The number of nitrogens with one attached hydrogen (secondary N) is 2. The third-order valence-electron chi connectivity index (χ3n) is 2.13. The van der Waals surface area contributed by atoms with Crippen LogP contribution in [-0.4, -0.2) is 36.6 Å². The van der Waals surface area contributed by atoms with Crippen LogP contribution in [0, 0.1) is 0 Å². The molecule has 0 saturated carbocycles. The average Bonchev–Trinajstić information content (AvgIpc) is 2.17. The predicted molar refractivity (Wildman–Crippen MR) is 60.5 cm³/mol. The molecule has 3 nitrogen and oxygen atoms in total. The first-order chi connectivity index (χ1) is 6.14. The minimum Gasteiger partial charge on any atom is -0.356 e. The van der Waals surface area contributed by atoms with Crippen molar-refractivity contribution < 1.29 is 0 Å². The highest BCUT2D eigenvalue weighted by Gasteiger charge is 2.16. The number of nitrogens with zero attached hydrogens (tertiary/aromatic N) is 1. The third kappa shape index (κ3) is 3.89.